The maximum Gasteiger partial charge on any atom is 0.238 e. The molecule has 0 spiro atoms. The van der Waals surface area contributed by atoms with Crippen molar-refractivity contribution in [2.75, 3.05) is 30.7 Å². The fourth-order valence-electron chi connectivity index (χ4n) is 1.59. The number of hydrogen-bond donors (Lipinski definition) is 2. The molecule has 1 amide bonds. The third kappa shape index (κ3) is 4.66. The highest BCUT2D eigenvalue weighted by Crippen LogP contribution is 2.17. The van der Waals surface area contributed by atoms with Gasteiger partial charge in [-0.3, -0.25) is 9.69 Å². The Morgan fingerprint density at radius 1 is 1.37 bits per heavy atom. The molecule has 6 nitrogen and oxygen atoms in total. The van der Waals surface area contributed by atoms with Gasteiger partial charge >= 0.3 is 0 Å². The number of rotatable bonds is 5. The highest BCUT2D eigenvalue weighted by Gasteiger charge is 2.11. The van der Waals surface area contributed by atoms with Crippen molar-refractivity contribution in [3.8, 4) is 12.1 Å². The first-order chi connectivity index (χ1) is 9.06. The number of nitriles is 2. The zero-order valence-corrected chi connectivity index (χ0v) is 10.7. The van der Waals surface area contributed by atoms with E-state index in [4.69, 9.17) is 16.3 Å². The number of benzene rings is 1. The Morgan fingerprint density at radius 3 is 2.53 bits per heavy atom. The quantitative estimate of drug-likeness (QED) is 0.601. The summed E-state index contributed by atoms with van der Waals surface area (Å²) in [5.74, 6) is -0.265. The molecule has 0 aliphatic rings. The molecule has 0 saturated carbocycles. The van der Waals surface area contributed by atoms with Gasteiger partial charge in [0.05, 0.1) is 31.8 Å². The van der Waals surface area contributed by atoms with E-state index in [2.05, 4.69) is 5.32 Å². The average molecular weight is 257 g/mol. The number of nitrogens with one attached hydrogen (secondary N) is 1. The summed E-state index contributed by atoms with van der Waals surface area (Å²) in [6.07, 6.45) is 0. The predicted molar refractivity (Wildman–Crippen MR) is 71.9 cm³/mol. The van der Waals surface area contributed by atoms with Crippen molar-refractivity contribution in [1.29, 1.82) is 10.5 Å². The van der Waals surface area contributed by atoms with E-state index >= 15 is 0 Å². The van der Waals surface area contributed by atoms with E-state index in [-0.39, 0.29) is 25.5 Å². The van der Waals surface area contributed by atoms with Crippen LogP contribution in [-0.2, 0) is 4.79 Å². The van der Waals surface area contributed by atoms with Crippen LogP contribution < -0.4 is 11.1 Å². The van der Waals surface area contributed by atoms with Gasteiger partial charge in [-0.25, -0.2) is 0 Å². The molecule has 98 valence electrons. The molecule has 0 aromatic heterocycles. The summed E-state index contributed by atoms with van der Waals surface area (Å²) in [6, 6.07) is 9.02. The molecule has 19 heavy (non-hydrogen) atoms. The van der Waals surface area contributed by atoms with Crippen LogP contribution in [0.5, 0.6) is 0 Å². The summed E-state index contributed by atoms with van der Waals surface area (Å²) >= 11 is 0. The molecule has 0 bridgehead atoms. The van der Waals surface area contributed by atoms with Gasteiger partial charge in [0.25, 0.3) is 0 Å². The zero-order valence-electron chi connectivity index (χ0n) is 10.7. The van der Waals surface area contributed by atoms with Crippen LogP contribution >= 0.6 is 0 Å². The van der Waals surface area contributed by atoms with Crippen LogP contribution in [0.4, 0.5) is 11.4 Å². The Labute approximate surface area is 112 Å². The molecular formula is C13H15N5O. The number of anilines is 2. The van der Waals surface area contributed by atoms with Gasteiger partial charge in [0.2, 0.25) is 5.91 Å². The van der Waals surface area contributed by atoms with E-state index in [0.717, 1.165) is 5.56 Å². The van der Waals surface area contributed by atoms with Gasteiger partial charge in [-0.15, -0.1) is 0 Å². The van der Waals surface area contributed by atoms with Crippen molar-refractivity contribution < 1.29 is 4.79 Å². The maximum atomic E-state index is 11.8. The van der Waals surface area contributed by atoms with Gasteiger partial charge in [-0.05, 0) is 30.7 Å². The Balaban J connectivity index is 2.64. The Hall–Kier alpha value is -2.57. The maximum absolute atomic E-state index is 11.8. The van der Waals surface area contributed by atoms with E-state index in [1.54, 1.807) is 18.2 Å². The lowest BCUT2D eigenvalue weighted by atomic mass is 10.2. The molecule has 0 radical (unpaired) electrons. The number of hydrogen-bond acceptors (Lipinski definition) is 5. The fourth-order valence-corrected chi connectivity index (χ4v) is 1.59. The van der Waals surface area contributed by atoms with Crippen LogP contribution in [0.3, 0.4) is 0 Å². The molecule has 0 aliphatic heterocycles. The van der Waals surface area contributed by atoms with Gasteiger partial charge in [0.15, 0.2) is 0 Å². The second kappa shape index (κ2) is 7.00. The minimum Gasteiger partial charge on any atom is -0.399 e. The predicted octanol–water partition coefficient (Wildman–Crippen LogP) is 0.865. The summed E-state index contributed by atoms with van der Waals surface area (Å²) in [6.45, 7) is 1.93. The van der Waals surface area contributed by atoms with E-state index in [1.807, 2.05) is 19.1 Å². The van der Waals surface area contributed by atoms with Crippen molar-refractivity contribution in [2.24, 2.45) is 0 Å². The van der Waals surface area contributed by atoms with Crippen molar-refractivity contribution in [2.45, 2.75) is 6.92 Å². The fraction of sp³-hybridized carbons (Fsp3) is 0.308. The summed E-state index contributed by atoms with van der Waals surface area (Å²) in [4.78, 5) is 13.3. The van der Waals surface area contributed by atoms with Crippen LogP contribution in [0.2, 0.25) is 0 Å². The molecule has 0 heterocycles. The Bertz CT molecular complexity index is 525. The summed E-state index contributed by atoms with van der Waals surface area (Å²) in [7, 11) is 0. The zero-order chi connectivity index (χ0) is 14.3. The first-order valence-electron chi connectivity index (χ1n) is 5.69. The van der Waals surface area contributed by atoms with E-state index < -0.39 is 0 Å². The van der Waals surface area contributed by atoms with Crippen LogP contribution in [0.25, 0.3) is 0 Å². The van der Waals surface area contributed by atoms with Crippen molar-refractivity contribution in [1.82, 2.24) is 4.90 Å². The number of aryl methyl sites for hydroxylation is 1. The molecule has 0 aliphatic carbocycles. The van der Waals surface area contributed by atoms with Crippen molar-refractivity contribution in [3.63, 3.8) is 0 Å². The minimum atomic E-state index is -0.265. The van der Waals surface area contributed by atoms with Crippen LogP contribution in [-0.4, -0.2) is 30.4 Å². The number of carbonyl (C=O) groups excluding carboxylic acids is 1. The summed E-state index contributed by atoms with van der Waals surface area (Å²) in [5, 5.41) is 19.9. The van der Waals surface area contributed by atoms with Gasteiger partial charge in [0.1, 0.15) is 0 Å². The largest absolute Gasteiger partial charge is 0.399 e. The number of carbonyl (C=O) groups is 1. The smallest absolute Gasteiger partial charge is 0.238 e. The van der Waals surface area contributed by atoms with Crippen molar-refractivity contribution >= 4 is 17.3 Å². The molecule has 0 atom stereocenters. The summed E-state index contributed by atoms with van der Waals surface area (Å²) < 4.78 is 0. The third-order valence-corrected chi connectivity index (χ3v) is 2.48. The van der Waals surface area contributed by atoms with Gasteiger partial charge in [-0.2, -0.15) is 10.5 Å². The summed E-state index contributed by atoms with van der Waals surface area (Å²) in [5.41, 5.74) is 7.79. The molecular weight excluding hydrogens is 242 g/mol. The molecule has 3 N–H and O–H groups in total. The van der Waals surface area contributed by atoms with Gasteiger partial charge in [0, 0.05) is 11.4 Å². The number of nitrogen functional groups attached to an aromatic ring is 1. The second-order valence-corrected chi connectivity index (χ2v) is 4.08. The minimum absolute atomic E-state index is 0.00490. The molecule has 0 fully saturated rings. The highest BCUT2D eigenvalue weighted by atomic mass is 16.2. The molecule has 1 rings (SSSR count). The third-order valence-electron chi connectivity index (χ3n) is 2.48. The lowest BCUT2D eigenvalue weighted by Crippen LogP contribution is -2.34. The van der Waals surface area contributed by atoms with Crippen LogP contribution in [0.1, 0.15) is 5.56 Å². The number of amides is 1. The van der Waals surface area contributed by atoms with E-state index in [9.17, 15) is 4.79 Å². The van der Waals surface area contributed by atoms with Crippen molar-refractivity contribution in [3.05, 3.63) is 23.8 Å². The average Bonchev–Trinajstić information content (AvgIpc) is 2.33. The monoisotopic (exact) mass is 257 g/mol. The molecule has 6 heteroatoms. The number of nitrogens with two attached hydrogens (primary N) is 1. The normalized spacial score (nSPS) is 9.68. The molecule has 1 aromatic rings. The Kier molecular flexibility index (Phi) is 5.34. The van der Waals surface area contributed by atoms with E-state index in [0.29, 0.717) is 11.4 Å². The molecule has 0 saturated heterocycles. The topological polar surface area (TPSA) is 106 Å². The standard InChI is InChI=1S/C13H15N5O/c1-10-8-11(16)2-3-12(10)17-13(19)9-18(6-4-14)7-5-15/h2-3,8H,6-7,9,16H2,1H3,(H,17,19). The first kappa shape index (κ1) is 14.5. The number of nitrogens with zero attached hydrogens (tertiary/aromatic N) is 3. The molecule has 1 aromatic carbocycles. The first-order valence-corrected chi connectivity index (χ1v) is 5.69. The van der Waals surface area contributed by atoms with Gasteiger partial charge < -0.3 is 11.1 Å². The SMILES string of the molecule is Cc1cc(N)ccc1NC(=O)CN(CC#N)CC#N. The lowest BCUT2D eigenvalue weighted by molar-refractivity contribution is -0.117. The second-order valence-electron chi connectivity index (χ2n) is 4.08. The Morgan fingerprint density at radius 2 is 2.00 bits per heavy atom. The highest BCUT2D eigenvalue weighted by molar-refractivity contribution is 5.93. The lowest BCUT2D eigenvalue weighted by Gasteiger charge is -2.15. The van der Waals surface area contributed by atoms with Crippen LogP contribution in [0, 0.1) is 29.6 Å². The molecule has 0 unspecified atom stereocenters. The van der Waals surface area contributed by atoms with E-state index in [1.165, 1.54) is 4.90 Å². The van der Waals surface area contributed by atoms with Crippen LogP contribution in [0.15, 0.2) is 18.2 Å². The van der Waals surface area contributed by atoms with Gasteiger partial charge in [-0.1, -0.05) is 0 Å².